The van der Waals surface area contributed by atoms with E-state index in [1.165, 1.54) is 6.07 Å². The van der Waals surface area contributed by atoms with Gasteiger partial charge >= 0.3 is 0 Å². The number of rotatable bonds is 2. The Hall–Kier alpha value is -0.420. The smallest absolute Gasteiger partial charge is 0.278 e. The molecule has 0 saturated carbocycles. The Bertz CT molecular complexity index is 366. The second-order valence-electron chi connectivity index (χ2n) is 2.31. The number of halogens is 4. The summed E-state index contributed by atoms with van der Waals surface area (Å²) in [6.07, 6.45) is -2.72. The Labute approximate surface area is 86.0 Å². The van der Waals surface area contributed by atoms with Crippen molar-refractivity contribution in [2.45, 2.75) is 12.3 Å². The van der Waals surface area contributed by atoms with Crippen LogP contribution in [-0.2, 0) is 5.88 Å². The van der Waals surface area contributed by atoms with Gasteiger partial charge in [0, 0.05) is 16.1 Å². The summed E-state index contributed by atoms with van der Waals surface area (Å²) in [6, 6.07) is 1.17. The Morgan fingerprint density at radius 1 is 1.62 bits per heavy atom. The number of H-pyrrole nitrogens is 1. The summed E-state index contributed by atoms with van der Waals surface area (Å²) in [4.78, 5) is 12.9. The van der Waals surface area contributed by atoms with Gasteiger partial charge in [-0.1, -0.05) is 15.9 Å². The summed E-state index contributed by atoms with van der Waals surface area (Å²) in [7, 11) is 0. The number of aromatic nitrogens is 1. The van der Waals surface area contributed by atoms with Crippen molar-refractivity contribution in [3.8, 4) is 0 Å². The van der Waals surface area contributed by atoms with E-state index in [-0.39, 0.29) is 11.4 Å². The molecule has 1 heterocycles. The molecule has 0 saturated heterocycles. The van der Waals surface area contributed by atoms with E-state index >= 15 is 0 Å². The van der Waals surface area contributed by atoms with Crippen LogP contribution in [0.3, 0.4) is 0 Å². The van der Waals surface area contributed by atoms with Crippen LogP contribution in [0.25, 0.3) is 0 Å². The molecule has 0 atom stereocenters. The highest BCUT2D eigenvalue weighted by Gasteiger charge is 2.16. The van der Waals surface area contributed by atoms with Crippen molar-refractivity contribution in [1.82, 2.24) is 4.98 Å². The zero-order valence-electron chi connectivity index (χ0n) is 6.28. The minimum absolute atomic E-state index is 0.0724. The number of aromatic amines is 1. The molecule has 0 amide bonds. The number of nitrogens with one attached hydrogen (secondary N) is 1. The maximum atomic E-state index is 12.3. The lowest BCUT2D eigenvalue weighted by molar-refractivity contribution is 0.144. The van der Waals surface area contributed by atoms with Crippen molar-refractivity contribution < 1.29 is 8.78 Å². The standard InChI is InChI=1S/C7H5BrClF2NO/c8-4-1-5(13)12-6(7(10)11)3(4)2-9/h1,7H,2H2,(H,12,13). The molecule has 0 unspecified atom stereocenters. The maximum Gasteiger partial charge on any atom is 0.278 e. The van der Waals surface area contributed by atoms with Gasteiger partial charge in [0.1, 0.15) is 0 Å². The lowest BCUT2D eigenvalue weighted by Gasteiger charge is -2.06. The van der Waals surface area contributed by atoms with Gasteiger partial charge < -0.3 is 4.98 Å². The summed E-state index contributed by atoms with van der Waals surface area (Å²) >= 11 is 8.44. The maximum absolute atomic E-state index is 12.3. The van der Waals surface area contributed by atoms with Crippen molar-refractivity contribution in [3.63, 3.8) is 0 Å². The van der Waals surface area contributed by atoms with Crippen molar-refractivity contribution in [2.75, 3.05) is 0 Å². The largest absolute Gasteiger partial charge is 0.321 e. The molecule has 0 fully saturated rings. The third-order valence-electron chi connectivity index (χ3n) is 1.48. The van der Waals surface area contributed by atoms with Gasteiger partial charge in [-0.15, -0.1) is 11.6 Å². The highest BCUT2D eigenvalue weighted by atomic mass is 79.9. The van der Waals surface area contributed by atoms with E-state index in [1.807, 2.05) is 4.98 Å². The normalized spacial score (nSPS) is 10.8. The van der Waals surface area contributed by atoms with Crippen LogP contribution < -0.4 is 5.56 Å². The Kier molecular flexibility index (Phi) is 3.44. The summed E-state index contributed by atoms with van der Waals surface area (Å²) < 4.78 is 25.0. The predicted molar refractivity (Wildman–Crippen MR) is 49.3 cm³/mol. The van der Waals surface area contributed by atoms with Gasteiger partial charge in [-0.3, -0.25) is 4.79 Å². The third-order valence-corrected chi connectivity index (χ3v) is 2.46. The fourth-order valence-electron chi connectivity index (χ4n) is 0.897. The van der Waals surface area contributed by atoms with Crippen LogP contribution in [-0.4, -0.2) is 4.98 Å². The van der Waals surface area contributed by atoms with Crippen LogP contribution in [0.1, 0.15) is 17.7 Å². The molecule has 2 nitrogen and oxygen atoms in total. The molecule has 13 heavy (non-hydrogen) atoms. The summed E-state index contributed by atoms with van der Waals surface area (Å²) in [6.45, 7) is 0. The van der Waals surface area contributed by atoms with Crippen LogP contribution in [0.4, 0.5) is 8.78 Å². The molecular weight excluding hydrogens is 267 g/mol. The Morgan fingerprint density at radius 3 is 2.69 bits per heavy atom. The van der Waals surface area contributed by atoms with E-state index < -0.39 is 17.7 Å². The van der Waals surface area contributed by atoms with E-state index in [1.54, 1.807) is 0 Å². The monoisotopic (exact) mass is 271 g/mol. The average molecular weight is 272 g/mol. The molecule has 1 aromatic heterocycles. The van der Waals surface area contributed by atoms with Gasteiger partial charge in [0.05, 0.1) is 11.6 Å². The SMILES string of the molecule is O=c1cc(Br)c(CCl)c(C(F)F)[nH]1. The number of hydrogen-bond donors (Lipinski definition) is 1. The molecule has 6 heteroatoms. The molecule has 0 aliphatic carbocycles. The second-order valence-corrected chi connectivity index (χ2v) is 3.43. The molecule has 1 aromatic rings. The highest BCUT2D eigenvalue weighted by Crippen LogP contribution is 2.26. The van der Waals surface area contributed by atoms with Crippen LogP contribution in [0, 0.1) is 0 Å². The molecule has 1 N–H and O–H groups in total. The van der Waals surface area contributed by atoms with E-state index in [2.05, 4.69) is 15.9 Å². The Morgan fingerprint density at radius 2 is 2.23 bits per heavy atom. The van der Waals surface area contributed by atoms with Gasteiger partial charge in [0.15, 0.2) is 0 Å². The van der Waals surface area contributed by atoms with Gasteiger partial charge in [0.2, 0.25) is 5.56 Å². The van der Waals surface area contributed by atoms with E-state index in [0.717, 1.165) is 0 Å². The molecule has 0 aliphatic rings. The lowest BCUT2D eigenvalue weighted by Crippen LogP contribution is -2.11. The van der Waals surface area contributed by atoms with Crippen LogP contribution in [0.5, 0.6) is 0 Å². The van der Waals surface area contributed by atoms with Crippen molar-refractivity contribution in [3.05, 3.63) is 32.2 Å². The first-order valence-corrected chi connectivity index (χ1v) is 4.64. The fourth-order valence-corrected chi connectivity index (χ4v) is 1.91. The van der Waals surface area contributed by atoms with Gasteiger partial charge in [0.25, 0.3) is 6.43 Å². The van der Waals surface area contributed by atoms with Gasteiger partial charge in [-0.2, -0.15) is 0 Å². The quantitative estimate of drug-likeness (QED) is 0.825. The number of alkyl halides is 3. The molecule has 0 spiro atoms. The van der Waals surface area contributed by atoms with Crippen molar-refractivity contribution in [2.24, 2.45) is 0 Å². The second kappa shape index (κ2) is 4.19. The van der Waals surface area contributed by atoms with E-state index in [4.69, 9.17) is 11.6 Å². The summed E-state index contributed by atoms with van der Waals surface area (Å²) in [5.74, 6) is -0.0724. The van der Waals surface area contributed by atoms with Gasteiger partial charge in [-0.05, 0) is 0 Å². The molecule has 0 aliphatic heterocycles. The first-order chi connectivity index (χ1) is 6.06. The van der Waals surface area contributed by atoms with Crippen molar-refractivity contribution >= 4 is 27.5 Å². The first-order valence-electron chi connectivity index (χ1n) is 3.32. The molecule has 0 radical (unpaired) electrons. The third kappa shape index (κ3) is 2.28. The summed E-state index contributed by atoms with van der Waals surface area (Å²) in [5, 5.41) is 0. The molecule has 0 aromatic carbocycles. The van der Waals surface area contributed by atoms with E-state index in [9.17, 15) is 13.6 Å². The van der Waals surface area contributed by atoms with Crippen molar-refractivity contribution in [1.29, 1.82) is 0 Å². The number of hydrogen-bond acceptors (Lipinski definition) is 1. The Balaban J connectivity index is 3.38. The molecular formula is C7H5BrClF2NO. The minimum Gasteiger partial charge on any atom is -0.321 e. The van der Waals surface area contributed by atoms with Gasteiger partial charge in [-0.25, -0.2) is 8.78 Å². The average Bonchev–Trinajstić information content (AvgIpc) is 2.02. The summed E-state index contributed by atoms with van der Waals surface area (Å²) in [5.41, 5.74) is -0.776. The van der Waals surface area contributed by atoms with Crippen LogP contribution in [0.15, 0.2) is 15.3 Å². The van der Waals surface area contributed by atoms with E-state index in [0.29, 0.717) is 4.47 Å². The molecule has 0 bridgehead atoms. The minimum atomic E-state index is -2.72. The first kappa shape index (κ1) is 10.7. The van der Waals surface area contributed by atoms with Crippen LogP contribution >= 0.6 is 27.5 Å². The molecule has 72 valence electrons. The lowest BCUT2D eigenvalue weighted by atomic mass is 10.2. The highest BCUT2D eigenvalue weighted by molar-refractivity contribution is 9.10. The van der Waals surface area contributed by atoms with Crippen LogP contribution in [0.2, 0.25) is 0 Å². The number of pyridine rings is 1. The zero-order valence-corrected chi connectivity index (χ0v) is 8.62. The predicted octanol–water partition coefficient (Wildman–Crippen LogP) is 2.81. The fraction of sp³-hybridized carbons (Fsp3) is 0.286. The zero-order chi connectivity index (χ0) is 10.0. The topological polar surface area (TPSA) is 32.9 Å². The molecule has 1 rings (SSSR count).